The first kappa shape index (κ1) is 15.1. The molecule has 0 saturated carbocycles. The van der Waals surface area contributed by atoms with Crippen molar-refractivity contribution in [2.45, 2.75) is 0 Å². The first-order valence-corrected chi connectivity index (χ1v) is 6.07. The number of rotatable bonds is 2. The van der Waals surface area contributed by atoms with E-state index < -0.39 is 23.4 Å². The van der Waals surface area contributed by atoms with E-state index in [4.69, 9.17) is 5.26 Å². The summed E-state index contributed by atoms with van der Waals surface area (Å²) < 4.78 is 26.1. The van der Waals surface area contributed by atoms with E-state index in [1.54, 1.807) is 0 Å². The third kappa shape index (κ3) is 3.64. The lowest BCUT2D eigenvalue weighted by Crippen LogP contribution is -2.29. The molecule has 0 heterocycles. The Morgan fingerprint density at radius 2 is 1.59 bits per heavy atom. The standard InChI is InChI=1S/C15H9F2N3O2/c16-10-3-6-13(12(17)7-10)20-15(22)14(21)19-11-4-1-9(8-18)2-5-11/h1-7H,(H,19,21)(H,20,22). The molecule has 0 aromatic heterocycles. The van der Waals surface area contributed by atoms with E-state index in [2.05, 4.69) is 5.32 Å². The monoisotopic (exact) mass is 301 g/mol. The third-order valence-electron chi connectivity index (χ3n) is 2.66. The van der Waals surface area contributed by atoms with Crippen LogP contribution in [0.2, 0.25) is 0 Å². The predicted molar refractivity (Wildman–Crippen MR) is 74.8 cm³/mol. The van der Waals surface area contributed by atoms with Crippen LogP contribution in [0.25, 0.3) is 0 Å². The number of benzene rings is 2. The number of carbonyl (C=O) groups excluding carboxylic acids is 2. The molecule has 0 spiro atoms. The molecule has 0 aliphatic rings. The molecule has 22 heavy (non-hydrogen) atoms. The summed E-state index contributed by atoms with van der Waals surface area (Å²) in [5, 5.41) is 13.0. The van der Waals surface area contributed by atoms with Gasteiger partial charge in [-0.25, -0.2) is 8.78 Å². The lowest BCUT2D eigenvalue weighted by atomic mass is 10.2. The number of hydrogen-bond acceptors (Lipinski definition) is 3. The highest BCUT2D eigenvalue weighted by molar-refractivity contribution is 6.43. The number of amides is 2. The highest BCUT2D eigenvalue weighted by Crippen LogP contribution is 2.15. The molecule has 2 aromatic rings. The molecule has 0 atom stereocenters. The van der Waals surface area contributed by atoms with E-state index in [1.807, 2.05) is 11.4 Å². The maximum Gasteiger partial charge on any atom is 0.314 e. The van der Waals surface area contributed by atoms with Crippen LogP contribution in [0, 0.1) is 23.0 Å². The van der Waals surface area contributed by atoms with E-state index >= 15 is 0 Å². The van der Waals surface area contributed by atoms with E-state index in [9.17, 15) is 18.4 Å². The summed E-state index contributed by atoms with van der Waals surface area (Å²) in [4.78, 5) is 23.3. The Kier molecular flexibility index (Phi) is 4.44. The van der Waals surface area contributed by atoms with Gasteiger partial charge in [0.25, 0.3) is 0 Å². The second-order valence-electron chi connectivity index (χ2n) is 4.22. The number of anilines is 2. The van der Waals surface area contributed by atoms with Gasteiger partial charge in [0.2, 0.25) is 0 Å². The molecule has 0 fully saturated rings. The van der Waals surface area contributed by atoms with Crippen LogP contribution in [-0.4, -0.2) is 11.8 Å². The van der Waals surface area contributed by atoms with Gasteiger partial charge in [-0.05, 0) is 36.4 Å². The summed E-state index contributed by atoms with van der Waals surface area (Å²) in [5.41, 5.74) is 0.399. The number of halogens is 2. The number of nitrogens with one attached hydrogen (secondary N) is 2. The lowest BCUT2D eigenvalue weighted by molar-refractivity contribution is -0.133. The minimum Gasteiger partial charge on any atom is -0.318 e. The van der Waals surface area contributed by atoms with Gasteiger partial charge in [0.15, 0.2) is 0 Å². The quantitative estimate of drug-likeness (QED) is 0.836. The van der Waals surface area contributed by atoms with Gasteiger partial charge in [0, 0.05) is 11.8 Å². The normalized spacial score (nSPS) is 9.68. The summed E-state index contributed by atoms with van der Waals surface area (Å²) in [6.45, 7) is 0. The summed E-state index contributed by atoms with van der Waals surface area (Å²) in [6, 6.07) is 10.3. The average Bonchev–Trinajstić information content (AvgIpc) is 2.50. The zero-order valence-electron chi connectivity index (χ0n) is 11.1. The fourth-order valence-corrected chi connectivity index (χ4v) is 1.59. The predicted octanol–water partition coefficient (Wildman–Crippen LogP) is 2.41. The van der Waals surface area contributed by atoms with E-state index in [-0.39, 0.29) is 5.69 Å². The van der Waals surface area contributed by atoms with Crippen LogP contribution in [0.3, 0.4) is 0 Å². The molecule has 0 bridgehead atoms. The van der Waals surface area contributed by atoms with Gasteiger partial charge in [-0.15, -0.1) is 0 Å². The number of nitrogens with zero attached hydrogens (tertiary/aromatic N) is 1. The first-order valence-electron chi connectivity index (χ1n) is 6.07. The Morgan fingerprint density at radius 1 is 0.955 bits per heavy atom. The summed E-state index contributed by atoms with van der Waals surface area (Å²) in [5.74, 6) is -3.90. The summed E-state index contributed by atoms with van der Waals surface area (Å²) in [7, 11) is 0. The van der Waals surface area contributed by atoms with Gasteiger partial charge < -0.3 is 10.6 Å². The van der Waals surface area contributed by atoms with Crippen molar-refractivity contribution in [1.29, 1.82) is 5.26 Å². The van der Waals surface area contributed by atoms with Crippen molar-refractivity contribution < 1.29 is 18.4 Å². The summed E-state index contributed by atoms with van der Waals surface area (Å²) >= 11 is 0. The molecule has 2 aromatic carbocycles. The maximum absolute atomic E-state index is 13.4. The van der Waals surface area contributed by atoms with Crippen molar-refractivity contribution >= 4 is 23.2 Å². The van der Waals surface area contributed by atoms with Gasteiger partial charge in [-0.3, -0.25) is 9.59 Å². The second kappa shape index (κ2) is 6.45. The minimum atomic E-state index is -1.10. The van der Waals surface area contributed by atoms with Crippen LogP contribution >= 0.6 is 0 Å². The lowest BCUT2D eigenvalue weighted by Gasteiger charge is -2.07. The molecule has 0 aliphatic carbocycles. The Morgan fingerprint density at radius 3 is 2.18 bits per heavy atom. The summed E-state index contributed by atoms with van der Waals surface area (Å²) in [6.07, 6.45) is 0. The van der Waals surface area contributed by atoms with Gasteiger partial charge in [-0.1, -0.05) is 0 Å². The SMILES string of the molecule is N#Cc1ccc(NC(=O)C(=O)Nc2ccc(F)cc2F)cc1. The molecular formula is C15H9F2N3O2. The van der Waals surface area contributed by atoms with Crippen LogP contribution in [0.4, 0.5) is 20.2 Å². The van der Waals surface area contributed by atoms with Crippen molar-refractivity contribution in [3.8, 4) is 6.07 Å². The zero-order chi connectivity index (χ0) is 16.1. The van der Waals surface area contributed by atoms with Gasteiger partial charge in [0.05, 0.1) is 17.3 Å². The molecule has 0 unspecified atom stereocenters. The highest BCUT2D eigenvalue weighted by atomic mass is 19.1. The van der Waals surface area contributed by atoms with Gasteiger partial charge >= 0.3 is 11.8 Å². The van der Waals surface area contributed by atoms with Crippen LogP contribution in [0.5, 0.6) is 0 Å². The zero-order valence-corrected chi connectivity index (χ0v) is 11.1. The molecule has 2 N–H and O–H groups in total. The van der Waals surface area contributed by atoms with Crippen LogP contribution in [0.15, 0.2) is 42.5 Å². The van der Waals surface area contributed by atoms with Crippen molar-refractivity contribution in [2.24, 2.45) is 0 Å². The van der Waals surface area contributed by atoms with Crippen molar-refractivity contribution in [3.63, 3.8) is 0 Å². The van der Waals surface area contributed by atoms with Gasteiger partial charge in [0.1, 0.15) is 11.6 Å². The molecule has 110 valence electrons. The molecular weight excluding hydrogens is 292 g/mol. The average molecular weight is 301 g/mol. The van der Waals surface area contributed by atoms with E-state index in [0.717, 1.165) is 12.1 Å². The molecule has 0 saturated heterocycles. The molecule has 0 radical (unpaired) electrons. The maximum atomic E-state index is 13.4. The highest BCUT2D eigenvalue weighted by Gasteiger charge is 2.16. The van der Waals surface area contributed by atoms with Crippen LogP contribution in [0.1, 0.15) is 5.56 Å². The van der Waals surface area contributed by atoms with Crippen molar-refractivity contribution in [1.82, 2.24) is 0 Å². The number of carbonyl (C=O) groups is 2. The fraction of sp³-hybridized carbons (Fsp3) is 0. The Labute approximate surface area is 124 Å². The van der Waals surface area contributed by atoms with E-state index in [0.29, 0.717) is 17.3 Å². The Balaban J connectivity index is 2.02. The Hall–Kier alpha value is -3.27. The minimum absolute atomic E-state index is 0.304. The largest absolute Gasteiger partial charge is 0.318 e. The molecule has 7 heteroatoms. The molecule has 2 rings (SSSR count). The van der Waals surface area contributed by atoms with Crippen molar-refractivity contribution in [2.75, 3.05) is 10.6 Å². The Bertz CT molecular complexity index is 767. The smallest absolute Gasteiger partial charge is 0.314 e. The molecule has 0 aliphatic heterocycles. The second-order valence-corrected chi connectivity index (χ2v) is 4.22. The van der Waals surface area contributed by atoms with E-state index in [1.165, 1.54) is 24.3 Å². The van der Waals surface area contributed by atoms with Gasteiger partial charge in [-0.2, -0.15) is 5.26 Å². The fourth-order valence-electron chi connectivity index (χ4n) is 1.59. The topological polar surface area (TPSA) is 82.0 Å². The first-order chi connectivity index (χ1) is 10.5. The van der Waals surface area contributed by atoms with Crippen molar-refractivity contribution in [3.05, 3.63) is 59.7 Å². The van der Waals surface area contributed by atoms with Crippen LogP contribution < -0.4 is 10.6 Å². The number of hydrogen-bond donors (Lipinski definition) is 2. The molecule has 2 amide bonds. The van der Waals surface area contributed by atoms with Crippen LogP contribution in [-0.2, 0) is 9.59 Å². The number of nitriles is 1. The third-order valence-corrected chi connectivity index (χ3v) is 2.66. The molecule has 5 nitrogen and oxygen atoms in total.